The van der Waals surface area contributed by atoms with Crippen molar-refractivity contribution in [2.75, 3.05) is 13.7 Å². The van der Waals surface area contributed by atoms with Gasteiger partial charge in [-0.3, -0.25) is 4.79 Å². The number of ether oxygens (including phenoxy) is 1. The number of rotatable bonds is 2. The standard InChI is InChI=1S/C13H17NO3/c1-9-4-3-7-14(9)13(16)11-8-10(17-2)5-6-12(11)15/h5-6,8-9,15H,3-4,7H2,1-2H3. The molecule has 0 aromatic heterocycles. The minimum absolute atomic E-state index is 0.00917. The van der Waals surface area contributed by atoms with Crippen molar-refractivity contribution in [2.45, 2.75) is 25.8 Å². The van der Waals surface area contributed by atoms with Crippen LogP contribution in [-0.2, 0) is 0 Å². The highest BCUT2D eigenvalue weighted by atomic mass is 16.5. The Bertz CT molecular complexity index is 431. The molecular weight excluding hydrogens is 218 g/mol. The van der Waals surface area contributed by atoms with Gasteiger partial charge in [-0.1, -0.05) is 0 Å². The minimum atomic E-state index is -0.119. The minimum Gasteiger partial charge on any atom is -0.507 e. The predicted molar refractivity (Wildman–Crippen MR) is 64.4 cm³/mol. The quantitative estimate of drug-likeness (QED) is 0.853. The van der Waals surface area contributed by atoms with E-state index in [1.54, 1.807) is 24.1 Å². The van der Waals surface area contributed by atoms with Crippen LogP contribution in [-0.4, -0.2) is 35.6 Å². The molecule has 1 aliphatic heterocycles. The van der Waals surface area contributed by atoms with E-state index in [2.05, 4.69) is 0 Å². The summed E-state index contributed by atoms with van der Waals surface area (Å²) in [6.07, 6.45) is 2.05. The number of amides is 1. The van der Waals surface area contributed by atoms with Crippen LogP contribution in [0.1, 0.15) is 30.1 Å². The van der Waals surface area contributed by atoms with Crippen LogP contribution in [0.4, 0.5) is 0 Å². The zero-order valence-electron chi connectivity index (χ0n) is 10.1. The van der Waals surface area contributed by atoms with Crippen molar-refractivity contribution in [2.24, 2.45) is 0 Å². The van der Waals surface area contributed by atoms with Gasteiger partial charge in [-0.05, 0) is 38.0 Å². The van der Waals surface area contributed by atoms with Crippen molar-refractivity contribution < 1.29 is 14.6 Å². The number of hydrogen-bond acceptors (Lipinski definition) is 3. The average Bonchev–Trinajstić information content (AvgIpc) is 2.75. The lowest BCUT2D eigenvalue weighted by Crippen LogP contribution is -2.33. The lowest BCUT2D eigenvalue weighted by molar-refractivity contribution is 0.0744. The number of likely N-dealkylation sites (tertiary alicyclic amines) is 1. The molecule has 92 valence electrons. The van der Waals surface area contributed by atoms with Crippen LogP contribution in [0.15, 0.2) is 18.2 Å². The number of methoxy groups -OCH3 is 1. The first-order valence-corrected chi connectivity index (χ1v) is 5.81. The number of nitrogens with zero attached hydrogens (tertiary/aromatic N) is 1. The largest absolute Gasteiger partial charge is 0.507 e. The number of carbonyl (C=O) groups is 1. The molecule has 1 aliphatic rings. The van der Waals surface area contributed by atoms with Crippen LogP contribution >= 0.6 is 0 Å². The van der Waals surface area contributed by atoms with Gasteiger partial charge in [0.2, 0.25) is 0 Å². The molecule has 1 unspecified atom stereocenters. The van der Waals surface area contributed by atoms with Gasteiger partial charge >= 0.3 is 0 Å². The summed E-state index contributed by atoms with van der Waals surface area (Å²) in [5, 5.41) is 9.74. The maximum Gasteiger partial charge on any atom is 0.257 e. The van der Waals surface area contributed by atoms with Crippen molar-refractivity contribution in [3.63, 3.8) is 0 Å². The molecule has 1 aromatic carbocycles. The molecule has 1 N–H and O–H groups in total. The number of hydrogen-bond donors (Lipinski definition) is 1. The van der Waals surface area contributed by atoms with Crippen molar-refractivity contribution in [3.8, 4) is 11.5 Å². The Balaban J connectivity index is 2.29. The van der Waals surface area contributed by atoms with E-state index in [-0.39, 0.29) is 17.7 Å². The first-order valence-electron chi connectivity index (χ1n) is 5.81. The van der Waals surface area contributed by atoms with Gasteiger partial charge in [0.25, 0.3) is 5.91 Å². The van der Waals surface area contributed by atoms with E-state index in [0.29, 0.717) is 11.3 Å². The molecule has 1 aromatic rings. The molecule has 1 fully saturated rings. The molecule has 4 nitrogen and oxygen atoms in total. The Morgan fingerprint density at radius 1 is 1.53 bits per heavy atom. The van der Waals surface area contributed by atoms with Crippen LogP contribution in [0.3, 0.4) is 0 Å². The van der Waals surface area contributed by atoms with E-state index in [4.69, 9.17) is 4.74 Å². The third-order valence-electron chi connectivity index (χ3n) is 3.25. The highest BCUT2D eigenvalue weighted by molar-refractivity contribution is 5.97. The fourth-order valence-electron chi connectivity index (χ4n) is 2.20. The maximum absolute atomic E-state index is 12.3. The van der Waals surface area contributed by atoms with Crippen molar-refractivity contribution >= 4 is 5.91 Å². The molecule has 1 atom stereocenters. The van der Waals surface area contributed by atoms with Gasteiger partial charge in [0.15, 0.2) is 0 Å². The highest BCUT2D eigenvalue weighted by Gasteiger charge is 2.27. The first kappa shape index (κ1) is 11.8. The molecule has 0 aliphatic carbocycles. The van der Waals surface area contributed by atoms with Gasteiger partial charge in [-0.15, -0.1) is 0 Å². The Kier molecular flexibility index (Phi) is 3.22. The lowest BCUT2D eigenvalue weighted by atomic mass is 10.1. The molecule has 4 heteroatoms. The third kappa shape index (κ3) is 2.20. The molecule has 0 saturated carbocycles. The van der Waals surface area contributed by atoms with E-state index in [1.807, 2.05) is 6.92 Å². The average molecular weight is 235 g/mol. The second-order valence-corrected chi connectivity index (χ2v) is 4.37. The topological polar surface area (TPSA) is 49.8 Å². The summed E-state index contributed by atoms with van der Waals surface area (Å²) in [6, 6.07) is 4.96. The Morgan fingerprint density at radius 2 is 2.29 bits per heavy atom. The number of phenolic OH excluding ortho intramolecular Hbond substituents is 1. The molecule has 1 amide bonds. The molecule has 1 saturated heterocycles. The monoisotopic (exact) mass is 235 g/mol. The summed E-state index contributed by atoms with van der Waals surface area (Å²) < 4.78 is 5.07. The SMILES string of the molecule is COc1ccc(O)c(C(=O)N2CCCC2C)c1. The Hall–Kier alpha value is -1.71. The zero-order valence-corrected chi connectivity index (χ0v) is 10.1. The maximum atomic E-state index is 12.3. The molecule has 0 bridgehead atoms. The number of carbonyl (C=O) groups excluding carboxylic acids is 1. The summed E-state index contributed by atoms with van der Waals surface area (Å²) in [5.41, 5.74) is 0.318. The van der Waals surface area contributed by atoms with E-state index in [9.17, 15) is 9.90 Å². The van der Waals surface area contributed by atoms with Crippen LogP contribution in [0, 0.1) is 0 Å². The van der Waals surface area contributed by atoms with Crippen LogP contribution < -0.4 is 4.74 Å². The number of benzene rings is 1. The molecule has 1 heterocycles. The number of phenols is 1. The van der Waals surface area contributed by atoms with Gasteiger partial charge < -0.3 is 14.7 Å². The molecule has 0 radical (unpaired) electrons. The Morgan fingerprint density at radius 3 is 2.88 bits per heavy atom. The summed E-state index contributed by atoms with van der Waals surface area (Å²) in [6.45, 7) is 2.79. The molecule has 0 spiro atoms. The van der Waals surface area contributed by atoms with Crippen molar-refractivity contribution in [3.05, 3.63) is 23.8 Å². The normalized spacial score (nSPS) is 19.4. The van der Waals surface area contributed by atoms with Crippen molar-refractivity contribution in [1.82, 2.24) is 4.90 Å². The molecule has 17 heavy (non-hydrogen) atoms. The van der Waals surface area contributed by atoms with E-state index < -0.39 is 0 Å². The van der Waals surface area contributed by atoms with Crippen LogP contribution in [0.5, 0.6) is 11.5 Å². The summed E-state index contributed by atoms with van der Waals surface area (Å²) in [5.74, 6) is 0.472. The second kappa shape index (κ2) is 4.65. The summed E-state index contributed by atoms with van der Waals surface area (Å²) in [7, 11) is 1.54. The summed E-state index contributed by atoms with van der Waals surface area (Å²) >= 11 is 0. The van der Waals surface area contributed by atoms with Gasteiger partial charge in [0.05, 0.1) is 12.7 Å². The molecule has 2 rings (SSSR count). The van der Waals surface area contributed by atoms with Gasteiger partial charge in [0, 0.05) is 12.6 Å². The predicted octanol–water partition coefficient (Wildman–Crippen LogP) is 2.03. The Labute approximate surface area is 101 Å². The summed E-state index contributed by atoms with van der Waals surface area (Å²) in [4.78, 5) is 14.1. The van der Waals surface area contributed by atoms with E-state index in [1.165, 1.54) is 6.07 Å². The number of aromatic hydroxyl groups is 1. The van der Waals surface area contributed by atoms with E-state index >= 15 is 0 Å². The molecular formula is C13H17NO3. The second-order valence-electron chi connectivity index (χ2n) is 4.37. The van der Waals surface area contributed by atoms with Crippen LogP contribution in [0.25, 0.3) is 0 Å². The van der Waals surface area contributed by atoms with Gasteiger partial charge in [-0.2, -0.15) is 0 Å². The van der Waals surface area contributed by atoms with Crippen LogP contribution in [0.2, 0.25) is 0 Å². The third-order valence-corrected chi connectivity index (χ3v) is 3.25. The fourth-order valence-corrected chi connectivity index (χ4v) is 2.20. The van der Waals surface area contributed by atoms with E-state index in [0.717, 1.165) is 19.4 Å². The zero-order chi connectivity index (χ0) is 12.4. The van der Waals surface area contributed by atoms with Crippen molar-refractivity contribution in [1.29, 1.82) is 0 Å². The first-order chi connectivity index (χ1) is 8.13. The smallest absolute Gasteiger partial charge is 0.257 e. The van der Waals surface area contributed by atoms with Gasteiger partial charge in [0.1, 0.15) is 11.5 Å². The fraction of sp³-hybridized carbons (Fsp3) is 0.462. The lowest BCUT2D eigenvalue weighted by Gasteiger charge is -2.22. The highest BCUT2D eigenvalue weighted by Crippen LogP contribution is 2.27. The van der Waals surface area contributed by atoms with Gasteiger partial charge in [-0.25, -0.2) is 0 Å².